The van der Waals surface area contributed by atoms with E-state index in [9.17, 15) is 14.4 Å². The molecule has 1 aliphatic rings. The predicted octanol–water partition coefficient (Wildman–Crippen LogP) is 3.84. The number of imide groups is 1. The van der Waals surface area contributed by atoms with E-state index in [1.807, 2.05) is 36.4 Å². The van der Waals surface area contributed by atoms with E-state index in [-0.39, 0.29) is 11.5 Å². The standard InChI is InChI=1S/C20H19NO5S/c1-4-26-19(23)12(2)21-18(22)17(27-20(21)24)11-13-9-10-16(25-3)15-8-6-5-7-14(13)15/h5-12H,4H2,1-3H3. The van der Waals surface area contributed by atoms with Crippen molar-refractivity contribution in [2.24, 2.45) is 0 Å². The minimum absolute atomic E-state index is 0.188. The number of thioether (sulfide) groups is 1. The molecule has 2 amide bonds. The summed E-state index contributed by atoms with van der Waals surface area (Å²) in [7, 11) is 1.60. The Morgan fingerprint density at radius 1 is 1.19 bits per heavy atom. The van der Waals surface area contributed by atoms with Gasteiger partial charge in [-0.3, -0.25) is 14.5 Å². The highest BCUT2D eigenvalue weighted by Crippen LogP contribution is 2.36. The fourth-order valence-corrected chi connectivity index (χ4v) is 3.82. The maximum Gasteiger partial charge on any atom is 0.329 e. The molecule has 1 aliphatic heterocycles. The van der Waals surface area contributed by atoms with Crippen molar-refractivity contribution in [3.05, 3.63) is 46.9 Å². The van der Waals surface area contributed by atoms with Crippen LogP contribution in [-0.2, 0) is 14.3 Å². The molecule has 1 saturated heterocycles. The SMILES string of the molecule is CCOC(=O)C(C)N1C(=O)SC(=Cc2ccc(OC)c3ccccc23)C1=O. The first-order chi connectivity index (χ1) is 13.0. The van der Waals surface area contributed by atoms with Crippen LogP contribution in [0.25, 0.3) is 16.8 Å². The van der Waals surface area contributed by atoms with Gasteiger partial charge < -0.3 is 9.47 Å². The molecule has 0 radical (unpaired) electrons. The summed E-state index contributed by atoms with van der Waals surface area (Å²) < 4.78 is 10.3. The predicted molar refractivity (Wildman–Crippen MR) is 104 cm³/mol. The molecule has 1 atom stereocenters. The number of fused-ring (bicyclic) bond motifs is 1. The second kappa shape index (κ2) is 7.84. The number of benzene rings is 2. The van der Waals surface area contributed by atoms with E-state index in [0.29, 0.717) is 0 Å². The van der Waals surface area contributed by atoms with Crippen LogP contribution in [0.1, 0.15) is 19.4 Å². The lowest BCUT2D eigenvalue weighted by molar-refractivity contribution is -0.150. The number of methoxy groups -OCH3 is 1. The fraction of sp³-hybridized carbons (Fsp3) is 0.250. The van der Waals surface area contributed by atoms with E-state index < -0.39 is 23.2 Å². The number of amides is 2. The molecular formula is C20H19NO5S. The average molecular weight is 385 g/mol. The molecule has 2 aromatic rings. The van der Waals surface area contributed by atoms with Crippen molar-refractivity contribution >= 4 is 45.7 Å². The molecule has 0 aliphatic carbocycles. The first-order valence-corrected chi connectivity index (χ1v) is 9.29. The molecule has 3 rings (SSSR count). The van der Waals surface area contributed by atoms with Crippen LogP contribution in [0, 0.1) is 0 Å². The van der Waals surface area contributed by atoms with Crippen molar-refractivity contribution < 1.29 is 23.9 Å². The van der Waals surface area contributed by atoms with E-state index in [1.54, 1.807) is 20.1 Å². The lowest BCUT2D eigenvalue weighted by atomic mass is 10.0. The first kappa shape index (κ1) is 19.0. The molecule has 140 valence electrons. The number of esters is 1. The molecule has 0 spiro atoms. The van der Waals surface area contributed by atoms with Crippen LogP contribution < -0.4 is 4.74 Å². The van der Waals surface area contributed by atoms with Crippen molar-refractivity contribution in [1.29, 1.82) is 0 Å². The van der Waals surface area contributed by atoms with E-state index in [1.165, 1.54) is 6.92 Å². The Hall–Kier alpha value is -2.80. The zero-order valence-electron chi connectivity index (χ0n) is 15.2. The zero-order chi connectivity index (χ0) is 19.6. The summed E-state index contributed by atoms with van der Waals surface area (Å²) in [5.41, 5.74) is 0.792. The van der Waals surface area contributed by atoms with Crippen molar-refractivity contribution in [1.82, 2.24) is 4.90 Å². The number of hydrogen-bond donors (Lipinski definition) is 0. The maximum absolute atomic E-state index is 12.7. The van der Waals surface area contributed by atoms with E-state index in [4.69, 9.17) is 9.47 Å². The Kier molecular flexibility index (Phi) is 5.51. The highest BCUT2D eigenvalue weighted by molar-refractivity contribution is 8.18. The van der Waals surface area contributed by atoms with Gasteiger partial charge in [0.25, 0.3) is 11.1 Å². The number of carbonyl (C=O) groups is 3. The van der Waals surface area contributed by atoms with Crippen molar-refractivity contribution in [2.45, 2.75) is 19.9 Å². The van der Waals surface area contributed by atoms with Gasteiger partial charge in [0.1, 0.15) is 11.8 Å². The third-order valence-corrected chi connectivity index (χ3v) is 5.15. The lowest BCUT2D eigenvalue weighted by Crippen LogP contribution is -2.42. The number of ether oxygens (including phenoxy) is 2. The van der Waals surface area contributed by atoms with Crippen molar-refractivity contribution in [3.8, 4) is 5.75 Å². The second-order valence-corrected chi connectivity index (χ2v) is 6.88. The van der Waals surface area contributed by atoms with Gasteiger partial charge in [-0.05, 0) is 48.7 Å². The van der Waals surface area contributed by atoms with Crippen LogP contribution in [-0.4, -0.2) is 41.8 Å². The average Bonchev–Trinajstić information content (AvgIpc) is 2.95. The molecule has 7 heteroatoms. The van der Waals surface area contributed by atoms with E-state index in [0.717, 1.165) is 38.7 Å². The van der Waals surface area contributed by atoms with Crippen LogP contribution >= 0.6 is 11.8 Å². The molecule has 1 fully saturated rings. The summed E-state index contributed by atoms with van der Waals surface area (Å²) in [6, 6.07) is 10.4. The van der Waals surface area contributed by atoms with Crippen LogP contribution in [0.4, 0.5) is 4.79 Å². The quantitative estimate of drug-likeness (QED) is 0.575. The van der Waals surface area contributed by atoms with Gasteiger partial charge in [0, 0.05) is 5.39 Å². The van der Waals surface area contributed by atoms with Gasteiger partial charge in [0.05, 0.1) is 18.6 Å². The van der Waals surface area contributed by atoms with Gasteiger partial charge >= 0.3 is 5.97 Å². The Labute approximate surface area is 161 Å². The zero-order valence-corrected chi connectivity index (χ0v) is 16.0. The molecule has 6 nitrogen and oxygen atoms in total. The molecule has 27 heavy (non-hydrogen) atoms. The number of hydrogen-bond acceptors (Lipinski definition) is 6. The van der Waals surface area contributed by atoms with E-state index in [2.05, 4.69) is 0 Å². The van der Waals surface area contributed by atoms with Crippen molar-refractivity contribution in [2.75, 3.05) is 13.7 Å². The van der Waals surface area contributed by atoms with Gasteiger partial charge in [-0.25, -0.2) is 4.79 Å². The summed E-state index contributed by atoms with van der Waals surface area (Å²) in [6.07, 6.45) is 1.67. The van der Waals surface area contributed by atoms with Crippen LogP contribution in [0.2, 0.25) is 0 Å². The molecule has 2 aromatic carbocycles. The lowest BCUT2D eigenvalue weighted by Gasteiger charge is -2.19. The van der Waals surface area contributed by atoms with Crippen LogP contribution in [0.15, 0.2) is 41.3 Å². The molecular weight excluding hydrogens is 366 g/mol. The van der Waals surface area contributed by atoms with Crippen LogP contribution in [0.3, 0.4) is 0 Å². The normalized spacial score (nSPS) is 16.9. The summed E-state index contributed by atoms with van der Waals surface area (Å²) in [4.78, 5) is 38.1. The van der Waals surface area contributed by atoms with Gasteiger partial charge in [-0.15, -0.1) is 0 Å². The minimum atomic E-state index is -0.962. The molecule has 0 aromatic heterocycles. The van der Waals surface area contributed by atoms with Crippen molar-refractivity contribution in [3.63, 3.8) is 0 Å². The topological polar surface area (TPSA) is 72.9 Å². The Morgan fingerprint density at radius 3 is 2.56 bits per heavy atom. The maximum atomic E-state index is 12.7. The smallest absolute Gasteiger partial charge is 0.329 e. The van der Waals surface area contributed by atoms with Gasteiger partial charge in [-0.2, -0.15) is 0 Å². The minimum Gasteiger partial charge on any atom is -0.496 e. The summed E-state index contributed by atoms with van der Waals surface area (Å²) in [6.45, 7) is 3.35. The second-order valence-electron chi connectivity index (χ2n) is 5.88. The van der Waals surface area contributed by atoms with Gasteiger partial charge in [0.15, 0.2) is 0 Å². The number of carbonyl (C=O) groups excluding carboxylic acids is 3. The number of rotatable bonds is 5. The third-order valence-electron chi connectivity index (χ3n) is 4.26. The molecule has 0 saturated carbocycles. The van der Waals surface area contributed by atoms with Crippen LogP contribution in [0.5, 0.6) is 5.75 Å². The third kappa shape index (κ3) is 3.55. The molecule has 0 N–H and O–H groups in total. The summed E-state index contributed by atoms with van der Waals surface area (Å²) >= 11 is 0.818. The Morgan fingerprint density at radius 2 is 1.89 bits per heavy atom. The number of nitrogens with zero attached hydrogens (tertiary/aromatic N) is 1. The first-order valence-electron chi connectivity index (χ1n) is 8.47. The largest absolute Gasteiger partial charge is 0.496 e. The molecule has 1 heterocycles. The van der Waals surface area contributed by atoms with Gasteiger partial charge in [-0.1, -0.05) is 30.3 Å². The molecule has 1 unspecified atom stereocenters. The Balaban J connectivity index is 1.97. The summed E-state index contributed by atoms with van der Waals surface area (Å²) in [5, 5.41) is 1.33. The highest BCUT2D eigenvalue weighted by atomic mass is 32.2. The fourth-order valence-electron chi connectivity index (χ4n) is 2.92. The molecule has 0 bridgehead atoms. The van der Waals surface area contributed by atoms with Gasteiger partial charge in [0.2, 0.25) is 0 Å². The Bertz CT molecular complexity index is 953. The van der Waals surface area contributed by atoms with E-state index >= 15 is 0 Å². The highest BCUT2D eigenvalue weighted by Gasteiger charge is 2.41. The summed E-state index contributed by atoms with van der Waals surface area (Å²) in [5.74, 6) is -0.367. The monoisotopic (exact) mass is 385 g/mol.